The van der Waals surface area contributed by atoms with Gasteiger partial charge in [-0.1, -0.05) is 6.07 Å². The molecule has 0 bridgehead atoms. The number of hydrogen-bond acceptors (Lipinski definition) is 7. The molecule has 27 heavy (non-hydrogen) atoms. The van der Waals surface area contributed by atoms with Crippen LogP contribution in [0.1, 0.15) is 11.1 Å². The molecule has 0 fully saturated rings. The zero-order valence-corrected chi connectivity index (χ0v) is 15.4. The third-order valence-corrected chi connectivity index (χ3v) is 3.93. The minimum absolute atomic E-state index is 0.180. The van der Waals surface area contributed by atoms with Gasteiger partial charge in [0.15, 0.2) is 17.2 Å². The predicted octanol–water partition coefficient (Wildman–Crippen LogP) is 3.07. The Morgan fingerprint density at radius 1 is 0.852 bits per heavy atom. The van der Waals surface area contributed by atoms with Gasteiger partial charge in [0, 0.05) is 11.6 Å². The van der Waals surface area contributed by atoms with Crippen LogP contribution >= 0.6 is 0 Å². The van der Waals surface area contributed by atoms with Crippen LogP contribution in [0.4, 0.5) is 0 Å². The Hall–Kier alpha value is -3.48. The summed E-state index contributed by atoms with van der Waals surface area (Å²) in [5.74, 6) is 1.94. The fourth-order valence-electron chi connectivity index (χ4n) is 2.56. The molecule has 140 valence electrons. The van der Waals surface area contributed by atoms with Crippen LogP contribution in [0.5, 0.6) is 23.0 Å². The Bertz CT molecular complexity index is 910. The lowest BCUT2D eigenvalue weighted by Crippen LogP contribution is -2.06. The first-order chi connectivity index (χ1) is 13.1. The quantitative estimate of drug-likeness (QED) is 0.575. The number of carbonyl (C=O) groups excluding carboxylic acids is 1. The van der Waals surface area contributed by atoms with Gasteiger partial charge in [0.1, 0.15) is 11.5 Å². The molecule has 0 atom stereocenters. The van der Waals surface area contributed by atoms with Crippen molar-refractivity contribution in [1.29, 1.82) is 0 Å². The highest BCUT2D eigenvalue weighted by Gasteiger charge is 2.25. The van der Waals surface area contributed by atoms with Gasteiger partial charge in [-0.2, -0.15) is 0 Å². The van der Waals surface area contributed by atoms with Crippen LogP contribution in [-0.2, 0) is 9.53 Å². The first-order valence-corrected chi connectivity index (χ1v) is 8.06. The van der Waals surface area contributed by atoms with E-state index in [-0.39, 0.29) is 11.6 Å². The van der Waals surface area contributed by atoms with E-state index < -0.39 is 5.97 Å². The van der Waals surface area contributed by atoms with E-state index in [0.717, 1.165) is 5.56 Å². The molecule has 0 radical (unpaired) electrons. The normalized spacial score (nSPS) is 14.6. The molecule has 2 aromatic rings. The second-order valence-electron chi connectivity index (χ2n) is 5.55. The van der Waals surface area contributed by atoms with E-state index in [4.69, 9.17) is 23.7 Å². The van der Waals surface area contributed by atoms with Crippen molar-refractivity contribution in [3.63, 3.8) is 0 Å². The largest absolute Gasteiger partial charge is 0.497 e. The first kappa shape index (κ1) is 18.3. The monoisotopic (exact) mass is 369 g/mol. The van der Waals surface area contributed by atoms with Gasteiger partial charge in [0.2, 0.25) is 5.90 Å². The molecule has 0 aliphatic carbocycles. The average molecular weight is 369 g/mol. The van der Waals surface area contributed by atoms with Crippen molar-refractivity contribution in [2.75, 3.05) is 28.4 Å². The van der Waals surface area contributed by atoms with Gasteiger partial charge >= 0.3 is 5.97 Å². The number of rotatable bonds is 6. The summed E-state index contributed by atoms with van der Waals surface area (Å²) in [6.45, 7) is 0. The molecule has 1 aliphatic rings. The first-order valence-electron chi connectivity index (χ1n) is 8.06. The van der Waals surface area contributed by atoms with Gasteiger partial charge in [0.25, 0.3) is 0 Å². The molecule has 2 aromatic carbocycles. The Kier molecular flexibility index (Phi) is 5.30. The molecule has 7 nitrogen and oxygen atoms in total. The minimum Gasteiger partial charge on any atom is -0.497 e. The van der Waals surface area contributed by atoms with Crippen LogP contribution in [0, 0.1) is 0 Å². The van der Waals surface area contributed by atoms with Crippen LogP contribution < -0.4 is 18.9 Å². The summed E-state index contributed by atoms with van der Waals surface area (Å²) in [6.07, 6.45) is 1.62. The van der Waals surface area contributed by atoms with Crippen LogP contribution in [-0.4, -0.2) is 40.3 Å². The number of carbonyl (C=O) groups is 1. The van der Waals surface area contributed by atoms with Gasteiger partial charge in [-0.05, 0) is 35.9 Å². The van der Waals surface area contributed by atoms with Crippen molar-refractivity contribution in [3.05, 3.63) is 53.2 Å². The molecule has 0 spiro atoms. The number of esters is 1. The molecular weight excluding hydrogens is 350 g/mol. The minimum atomic E-state index is -0.540. The van der Waals surface area contributed by atoms with Gasteiger partial charge in [-0.3, -0.25) is 0 Å². The van der Waals surface area contributed by atoms with Crippen molar-refractivity contribution < 1.29 is 28.5 Å². The maximum absolute atomic E-state index is 12.2. The highest BCUT2D eigenvalue weighted by atomic mass is 16.6. The summed E-state index contributed by atoms with van der Waals surface area (Å²) < 4.78 is 26.3. The fourth-order valence-corrected chi connectivity index (χ4v) is 2.56. The number of nitrogens with zero attached hydrogens (tertiary/aromatic N) is 1. The van der Waals surface area contributed by atoms with Crippen LogP contribution in [0.15, 0.2) is 47.1 Å². The number of benzene rings is 2. The van der Waals surface area contributed by atoms with E-state index in [2.05, 4.69) is 4.99 Å². The van der Waals surface area contributed by atoms with Crippen molar-refractivity contribution in [1.82, 2.24) is 0 Å². The summed E-state index contributed by atoms with van der Waals surface area (Å²) in [7, 11) is 6.20. The molecule has 7 heteroatoms. The van der Waals surface area contributed by atoms with Crippen molar-refractivity contribution >= 4 is 17.9 Å². The number of methoxy groups -OCH3 is 4. The van der Waals surface area contributed by atoms with E-state index in [0.29, 0.717) is 28.6 Å². The Balaban J connectivity index is 1.96. The van der Waals surface area contributed by atoms with Gasteiger partial charge in [-0.25, -0.2) is 9.79 Å². The predicted molar refractivity (Wildman–Crippen MR) is 99.7 cm³/mol. The van der Waals surface area contributed by atoms with Crippen molar-refractivity contribution in [2.45, 2.75) is 0 Å². The second-order valence-corrected chi connectivity index (χ2v) is 5.55. The van der Waals surface area contributed by atoms with E-state index >= 15 is 0 Å². The van der Waals surface area contributed by atoms with Crippen molar-refractivity contribution in [3.8, 4) is 23.0 Å². The number of aliphatic imine (C=N–C) groups is 1. The fraction of sp³-hybridized carbons (Fsp3) is 0.200. The molecule has 0 unspecified atom stereocenters. The molecule has 0 N–H and O–H groups in total. The Morgan fingerprint density at radius 2 is 1.52 bits per heavy atom. The summed E-state index contributed by atoms with van der Waals surface area (Å²) in [5.41, 5.74) is 1.49. The third kappa shape index (κ3) is 3.87. The molecule has 3 rings (SSSR count). The zero-order chi connectivity index (χ0) is 19.4. The number of hydrogen-bond donors (Lipinski definition) is 0. The second kappa shape index (κ2) is 7.82. The summed E-state index contributed by atoms with van der Waals surface area (Å²) >= 11 is 0. The summed E-state index contributed by atoms with van der Waals surface area (Å²) in [5, 5.41) is 0. The molecule has 1 heterocycles. The van der Waals surface area contributed by atoms with E-state index in [1.807, 2.05) is 0 Å². The number of cyclic esters (lactones) is 1. The number of ether oxygens (including phenoxy) is 5. The van der Waals surface area contributed by atoms with Crippen LogP contribution in [0.25, 0.3) is 6.08 Å². The third-order valence-electron chi connectivity index (χ3n) is 3.93. The van der Waals surface area contributed by atoms with Crippen molar-refractivity contribution in [2.24, 2.45) is 4.99 Å². The lowest BCUT2D eigenvalue weighted by atomic mass is 10.1. The topological polar surface area (TPSA) is 75.6 Å². The molecule has 0 saturated heterocycles. The molecular formula is C20H19NO6. The van der Waals surface area contributed by atoms with Gasteiger partial charge < -0.3 is 23.7 Å². The van der Waals surface area contributed by atoms with Gasteiger partial charge in [0.05, 0.1) is 28.4 Å². The Morgan fingerprint density at radius 3 is 2.11 bits per heavy atom. The van der Waals surface area contributed by atoms with E-state index in [1.54, 1.807) is 70.9 Å². The highest BCUT2D eigenvalue weighted by Crippen LogP contribution is 2.30. The van der Waals surface area contributed by atoms with E-state index in [9.17, 15) is 4.79 Å². The van der Waals surface area contributed by atoms with Crippen LogP contribution in [0.3, 0.4) is 0 Å². The molecule has 1 aliphatic heterocycles. The lowest BCUT2D eigenvalue weighted by molar-refractivity contribution is -0.129. The molecule has 0 saturated carbocycles. The highest BCUT2D eigenvalue weighted by molar-refractivity contribution is 6.13. The molecule has 0 aromatic heterocycles. The average Bonchev–Trinajstić information content (AvgIpc) is 3.07. The summed E-state index contributed by atoms with van der Waals surface area (Å²) in [4.78, 5) is 16.5. The smallest absolute Gasteiger partial charge is 0.363 e. The zero-order valence-electron chi connectivity index (χ0n) is 15.4. The van der Waals surface area contributed by atoms with E-state index in [1.165, 1.54) is 0 Å². The maximum Gasteiger partial charge on any atom is 0.363 e. The SMILES string of the molecule is COc1cc(OC)cc(C2=NC(=Cc3ccc(OC)c(OC)c3)C(=O)O2)c1. The lowest BCUT2D eigenvalue weighted by Gasteiger charge is -2.07. The van der Waals surface area contributed by atoms with Crippen LogP contribution in [0.2, 0.25) is 0 Å². The molecule has 0 amide bonds. The Labute approximate surface area is 156 Å². The van der Waals surface area contributed by atoms with Gasteiger partial charge in [-0.15, -0.1) is 0 Å². The standard InChI is InChI=1S/C20H19NO6/c1-23-14-9-13(10-15(11-14)24-2)19-21-16(20(22)27-19)7-12-5-6-17(25-3)18(8-12)26-4/h5-11H,1-4H3. The maximum atomic E-state index is 12.2. The summed E-state index contributed by atoms with van der Waals surface area (Å²) in [6, 6.07) is 10.5.